The first-order valence-corrected chi connectivity index (χ1v) is 13.3. The molecule has 0 aliphatic heterocycles. The zero-order valence-corrected chi connectivity index (χ0v) is 22.7. The molecule has 0 saturated heterocycles. The first-order chi connectivity index (χ1) is 16.9. The van der Waals surface area contributed by atoms with Gasteiger partial charge in [-0.15, -0.1) is 0 Å². The summed E-state index contributed by atoms with van der Waals surface area (Å²) in [6, 6.07) is 9.89. The van der Waals surface area contributed by atoms with Crippen molar-refractivity contribution in [3.63, 3.8) is 0 Å². The number of hydrogen-bond acceptors (Lipinski definition) is 5. The highest BCUT2D eigenvalue weighted by Gasteiger charge is 2.29. The van der Waals surface area contributed by atoms with Gasteiger partial charge in [-0.1, -0.05) is 65.5 Å². The van der Waals surface area contributed by atoms with E-state index in [0.717, 1.165) is 39.4 Å². The lowest BCUT2D eigenvalue weighted by molar-refractivity contribution is 0.123. The summed E-state index contributed by atoms with van der Waals surface area (Å²) in [4.78, 5) is 18.4. The molecule has 0 N–H and O–H groups in total. The van der Waals surface area contributed by atoms with Crippen molar-refractivity contribution in [1.82, 2.24) is 24.5 Å². The lowest BCUT2D eigenvalue weighted by Crippen LogP contribution is -2.21. The van der Waals surface area contributed by atoms with E-state index >= 15 is 0 Å². The van der Waals surface area contributed by atoms with Gasteiger partial charge in [-0.25, -0.2) is 9.97 Å². The highest BCUT2D eigenvalue weighted by molar-refractivity contribution is 9.10. The van der Waals surface area contributed by atoms with E-state index in [1.807, 2.05) is 30.3 Å². The van der Waals surface area contributed by atoms with Gasteiger partial charge in [-0.2, -0.15) is 4.98 Å². The average molecular weight is 575 g/mol. The molecular formula is C26H26BrCl2N5O. The normalized spacial score (nSPS) is 19.2. The van der Waals surface area contributed by atoms with Crippen molar-refractivity contribution < 1.29 is 4.74 Å². The molecule has 1 saturated carbocycles. The molecule has 3 aromatic heterocycles. The van der Waals surface area contributed by atoms with Crippen LogP contribution in [0.3, 0.4) is 0 Å². The molecule has 0 radical (unpaired) electrons. The lowest BCUT2D eigenvalue weighted by Gasteiger charge is -2.28. The van der Waals surface area contributed by atoms with Crippen molar-refractivity contribution in [2.75, 3.05) is 7.11 Å². The number of nitrogens with zero attached hydrogens (tertiary/aromatic N) is 5. The maximum atomic E-state index is 6.38. The van der Waals surface area contributed by atoms with Crippen LogP contribution < -0.4 is 0 Å². The molecule has 1 aromatic carbocycles. The molecule has 5 rings (SSSR count). The van der Waals surface area contributed by atoms with Gasteiger partial charge in [0.25, 0.3) is 0 Å². The molecule has 1 unspecified atom stereocenters. The third-order valence-electron chi connectivity index (χ3n) is 6.82. The summed E-state index contributed by atoms with van der Waals surface area (Å²) >= 11 is 16.3. The van der Waals surface area contributed by atoms with Gasteiger partial charge in [0, 0.05) is 41.6 Å². The molecular weight excluding hydrogens is 549 g/mol. The zero-order valence-electron chi connectivity index (χ0n) is 19.6. The molecule has 0 amide bonds. The van der Waals surface area contributed by atoms with Crippen LogP contribution in [0.4, 0.5) is 0 Å². The van der Waals surface area contributed by atoms with Gasteiger partial charge < -0.3 is 9.30 Å². The Labute approximate surface area is 223 Å². The second-order valence-electron chi connectivity index (χ2n) is 9.25. The number of fused-ring (bicyclic) bond motifs is 1. The Balaban J connectivity index is 1.73. The van der Waals surface area contributed by atoms with Crippen LogP contribution in [0.5, 0.6) is 0 Å². The van der Waals surface area contributed by atoms with Gasteiger partial charge >= 0.3 is 0 Å². The van der Waals surface area contributed by atoms with Crippen LogP contribution >= 0.6 is 39.1 Å². The third-order valence-corrected chi connectivity index (χ3v) is 7.92. The molecule has 9 heteroatoms. The number of rotatable bonds is 6. The second-order valence-corrected chi connectivity index (χ2v) is 10.9. The summed E-state index contributed by atoms with van der Waals surface area (Å²) in [5.41, 5.74) is 3.79. The quantitative estimate of drug-likeness (QED) is 0.223. The van der Waals surface area contributed by atoms with E-state index in [0.29, 0.717) is 22.3 Å². The van der Waals surface area contributed by atoms with Crippen molar-refractivity contribution in [3.05, 3.63) is 68.9 Å². The highest BCUT2D eigenvalue weighted by atomic mass is 79.9. The van der Waals surface area contributed by atoms with Crippen LogP contribution in [0, 0.1) is 11.8 Å². The standard InChI is InChI=1S/C26H26BrCl2N5O/c1-15-7-9-16(10-8-15)14-34-22-21(17-11-18(28)13-30-12-17)31-26(29)33-24(22)32-25(34)23(35-2)19-5-3-4-6-20(19)27/h3-6,11-13,15-16,23H,7-10,14H2,1-2H3/t15-,16-,23?. The van der Waals surface area contributed by atoms with Crippen LogP contribution in [0.15, 0.2) is 47.2 Å². The van der Waals surface area contributed by atoms with Crippen molar-refractivity contribution in [1.29, 1.82) is 0 Å². The van der Waals surface area contributed by atoms with E-state index in [-0.39, 0.29) is 5.28 Å². The van der Waals surface area contributed by atoms with E-state index in [1.54, 1.807) is 19.5 Å². The second kappa shape index (κ2) is 10.5. The molecule has 1 aliphatic carbocycles. The molecule has 6 nitrogen and oxygen atoms in total. The Hall–Kier alpha value is -2.06. The summed E-state index contributed by atoms with van der Waals surface area (Å²) in [5, 5.41) is 0.658. The predicted octanol–water partition coefficient (Wildman–Crippen LogP) is 7.52. The maximum Gasteiger partial charge on any atom is 0.225 e. The van der Waals surface area contributed by atoms with E-state index < -0.39 is 6.10 Å². The van der Waals surface area contributed by atoms with Crippen LogP contribution in [0.2, 0.25) is 10.3 Å². The summed E-state index contributed by atoms with van der Waals surface area (Å²) in [5.74, 6) is 2.08. The molecule has 3 heterocycles. The SMILES string of the molecule is COC(c1ccccc1Br)c1nc2nc(Cl)nc(-c3cncc(Cl)c3)c2n1C[C@H]1CC[C@H](C)CC1. The van der Waals surface area contributed by atoms with Crippen LogP contribution in [-0.2, 0) is 11.3 Å². The van der Waals surface area contributed by atoms with E-state index in [4.69, 9.17) is 32.9 Å². The van der Waals surface area contributed by atoms with Gasteiger partial charge in [0.1, 0.15) is 23.1 Å². The number of ether oxygens (including phenoxy) is 1. The topological polar surface area (TPSA) is 65.7 Å². The molecule has 35 heavy (non-hydrogen) atoms. The Morgan fingerprint density at radius 3 is 2.57 bits per heavy atom. The Bertz CT molecular complexity index is 1350. The van der Waals surface area contributed by atoms with Crippen molar-refractivity contribution >= 4 is 50.3 Å². The van der Waals surface area contributed by atoms with E-state index in [1.165, 1.54) is 25.7 Å². The van der Waals surface area contributed by atoms with Gasteiger partial charge in [0.05, 0.1) is 5.02 Å². The summed E-state index contributed by atoms with van der Waals surface area (Å²) in [6.07, 6.45) is 7.77. The summed E-state index contributed by atoms with van der Waals surface area (Å²) in [6.45, 7) is 3.14. The van der Waals surface area contributed by atoms with Gasteiger partial charge in [0.15, 0.2) is 5.65 Å². The fraction of sp³-hybridized carbons (Fsp3) is 0.385. The monoisotopic (exact) mass is 573 g/mol. The average Bonchev–Trinajstić information content (AvgIpc) is 3.19. The number of imidazole rings is 1. The molecule has 0 bridgehead atoms. The maximum absolute atomic E-state index is 6.38. The third kappa shape index (κ3) is 5.10. The smallest absolute Gasteiger partial charge is 0.225 e. The van der Waals surface area contributed by atoms with Crippen LogP contribution in [-0.4, -0.2) is 31.6 Å². The van der Waals surface area contributed by atoms with Crippen LogP contribution in [0.25, 0.3) is 22.4 Å². The molecule has 182 valence electrons. The van der Waals surface area contributed by atoms with Gasteiger partial charge in [-0.3, -0.25) is 4.98 Å². The molecule has 1 atom stereocenters. The molecule has 1 aliphatic rings. The minimum atomic E-state index is -0.397. The predicted molar refractivity (Wildman–Crippen MR) is 143 cm³/mol. The number of aromatic nitrogens is 5. The van der Waals surface area contributed by atoms with Crippen molar-refractivity contribution in [2.45, 2.75) is 45.3 Å². The lowest BCUT2D eigenvalue weighted by atomic mass is 9.83. The molecule has 4 aromatic rings. The molecule has 0 spiro atoms. The highest BCUT2D eigenvalue weighted by Crippen LogP contribution is 2.38. The first-order valence-electron chi connectivity index (χ1n) is 11.8. The number of halogens is 3. The summed E-state index contributed by atoms with van der Waals surface area (Å²) in [7, 11) is 1.70. The largest absolute Gasteiger partial charge is 0.369 e. The van der Waals surface area contributed by atoms with Crippen LogP contribution in [0.1, 0.15) is 50.1 Å². The van der Waals surface area contributed by atoms with E-state index in [9.17, 15) is 0 Å². The van der Waals surface area contributed by atoms with Gasteiger partial charge in [-0.05, 0) is 48.4 Å². The Kier molecular flexibility index (Phi) is 7.39. The number of methoxy groups -OCH3 is 1. The van der Waals surface area contributed by atoms with Crippen molar-refractivity contribution in [2.24, 2.45) is 11.8 Å². The van der Waals surface area contributed by atoms with Gasteiger partial charge in [0.2, 0.25) is 5.28 Å². The number of pyridine rings is 1. The first kappa shape index (κ1) is 24.6. The Morgan fingerprint density at radius 1 is 1.09 bits per heavy atom. The fourth-order valence-corrected chi connectivity index (χ4v) is 5.81. The molecule has 1 fully saturated rings. The summed E-state index contributed by atoms with van der Waals surface area (Å²) < 4.78 is 9.24. The minimum Gasteiger partial charge on any atom is -0.369 e. The number of hydrogen-bond donors (Lipinski definition) is 0. The Morgan fingerprint density at radius 2 is 1.86 bits per heavy atom. The van der Waals surface area contributed by atoms with E-state index in [2.05, 4.69) is 42.4 Å². The number of benzene rings is 1. The van der Waals surface area contributed by atoms with Crippen molar-refractivity contribution in [3.8, 4) is 11.3 Å². The fourth-order valence-electron chi connectivity index (χ4n) is 4.98. The zero-order chi connectivity index (χ0) is 24.5. The minimum absolute atomic E-state index is 0.130.